The van der Waals surface area contributed by atoms with Crippen molar-refractivity contribution in [2.24, 2.45) is 5.92 Å². The molecule has 3 amide bonds. The van der Waals surface area contributed by atoms with Crippen LogP contribution >= 0.6 is 0 Å². The normalized spacial score (nSPS) is 18.8. The van der Waals surface area contributed by atoms with Gasteiger partial charge < -0.3 is 15.0 Å². The Morgan fingerprint density at radius 1 is 1.10 bits per heavy atom. The summed E-state index contributed by atoms with van der Waals surface area (Å²) in [5.74, 6) is 0.803. The fourth-order valence-corrected chi connectivity index (χ4v) is 4.28. The summed E-state index contributed by atoms with van der Waals surface area (Å²) in [6.45, 7) is 6.39. The first-order valence-electron chi connectivity index (χ1n) is 11.2. The molecule has 0 radical (unpaired) electrons. The SMILES string of the molecule is CC[C@H]1CN(C(=O)N2CCC(C(=O)NCc3ccccc3)CC2)c2cc(C)ccc2O1. The molecular weight excluding hydrogens is 390 g/mol. The van der Waals surface area contributed by atoms with Crippen molar-refractivity contribution in [2.45, 2.75) is 45.8 Å². The molecule has 2 aliphatic heterocycles. The van der Waals surface area contributed by atoms with Crippen LogP contribution < -0.4 is 15.0 Å². The molecule has 31 heavy (non-hydrogen) atoms. The maximum Gasteiger partial charge on any atom is 0.324 e. The number of benzene rings is 2. The Labute approximate surface area is 184 Å². The van der Waals surface area contributed by atoms with Gasteiger partial charge in [0.05, 0.1) is 12.2 Å². The standard InChI is InChI=1S/C25H31N3O3/c1-3-21-17-28(22-15-18(2)9-10-23(22)31-21)25(30)27-13-11-20(12-14-27)24(29)26-16-19-7-5-4-6-8-19/h4-10,15,20-21H,3,11-14,16-17H2,1-2H3,(H,26,29)/t21-/m0/s1. The number of nitrogens with zero attached hydrogens (tertiary/aromatic N) is 2. The number of ether oxygens (including phenoxy) is 1. The molecule has 0 bridgehead atoms. The van der Waals surface area contributed by atoms with Crippen molar-refractivity contribution < 1.29 is 14.3 Å². The van der Waals surface area contributed by atoms with E-state index in [1.54, 1.807) is 0 Å². The molecule has 6 heteroatoms. The van der Waals surface area contributed by atoms with Gasteiger partial charge in [0.2, 0.25) is 5.91 Å². The maximum atomic E-state index is 13.4. The molecule has 2 aliphatic rings. The second-order valence-electron chi connectivity index (χ2n) is 8.48. The third kappa shape index (κ3) is 4.84. The Kier molecular flexibility index (Phi) is 6.44. The average Bonchev–Trinajstić information content (AvgIpc) is 2.82. The van der Waals surface area contributed by atoms with Crippen LogP contribution in [0.4, 0.5) is 10.5 Å². The lowest BCUT2D eigenvalue weighted by Crippen LogP contribution is -2.52. The molecule has 1 atom stereocenters. The molecule has 1 N–H and O–H groups in total. The van der Waals surface area contributed by atoms with Crippen LogP contribution in [0.3, 0.4) is 0 Å². The summed E-state index contributed by atoms with van der Waals surface area (Å²) < 4.78 is 6.05. The summed E-state index contributed by atoms with van der Waals surface area (Å²) in [6, 6.07) is 15.9. The molecule has 0 saturated carbocycles. The highest BCUT2D eigenvalue weighted by Crippen LogP contribution is 2.36. The van der Waals surface area contributed by atoms with E-state index in [1.165, 1.54) is 0 Å². The van der Waals surface area contributed by atoms with Crippen LogP contribution in [-0.2, 0) is 11.3 Å². The molecule has 0 unspecified atom stereocenters. The average molecular weight is 422 g/mol. The number of amides is 3. The van der Waals surface area contributed by atoms with Crippen LogP contribution in [-0.4, -0.2) is 42.6 Å². The zero-order chi connectivity index (χ0) is 21.8. The molecule has 2 heterocycles. The molecule has 1 saturated heterocycles. The number of urea groups is 1. The fraction of sp³-hybridized carbons (Fsp3) is 0.440. The predicted octanol–water partition coefficient (Wildman–Crippen LogP) is 4.12. The minimum Gasteiger partial charge on any atom is -0.486 e. The smallest absolute Gasteiger partial charge is 0.324 e. The van der Waals surface area contributed by atoms with Gasteiger partial charge in [-0.1, -0.05) is 43.3 Å². The summed E-state index contributed by atoms with van der Waals surface area (Å²) in [5, 5.41) is 3.04. The molecular formula is C25H31N3O3. The van der Waals surface area contributed by atoms with Gasteiger partial charge in [-0.05, 0) is 49.4 Å². The van der Waals surface area contributed by atoms with Gasteiger partial charge in [-0.25, -0.2) is 4.79 Å². The lowest BCUT2D eigenvalue weighted by molar-refractivity contribution is -0.126. The number of fused-ring (bicyclic) bond motifs is 1. The van der Waals surface area contributed by atoms with Gasteiger partial charge >= 0.3 is 6.03 Å². The topological polar surface area (TPSA) is 61.9 Å². The minimum absolute atomic E-state index is 0.000425. The van der Waals surface area contributed by atoms with E-state index in [-0.39, 0.29) is 24.0 Å². The van der Waals surface area contributed by atoms with Crippen LogP contribution in [0.2, 0.25) is 0 Å². The van der Waals surface area contributed by atoms with Gasteiger partial charge in [0.25, 0.3) is 0 Å². The van der Waals surface area contributed by atoms with E-state index in [4.69, 9.17) is 4.74 Å². The molecule has 6 nitrogen and oxygen atoms in total. The zero-order valence-electron chi connectivity index (χ0n) is 18.3. The molecule has 1 fully saturated rings. The maximum absolute atomic E-state index is 13.4. The first-order valence-corrected chi connectivity index (χ1v) is 11.2. The van der Waals surface area contributed by atoms with Crippen molar-refractivity contribution in [1.82, 2.24) is 10.2 Å². The number of rotatable bonds is 4. The number of anilines is 1. The van der Waals surface area contributed by atoms with E-state index in [9.17, 15) is 9.59 Å². The largest absolute Gasteiger partial charge is 0.486 e. The molecule has 4 rings (SSSR count). The third-order valence-electron chi connectivity index (χ3n) is 6.22. The first kappa shape index (κ1) is 21.2. The second-order valence-corrected chi connectivity index (χ2v) is 8.48. The van der Waals surface area contributed by atoms with Crippen molar-refractivity contribution in [2.75, 3.05) is 24.5 Å². The number of aryl methyl sites for hydroxylation is 1. The highest BCUT2D eigenvalue weighted by atomic mass is 16.5. The van der Waals surface area contributed by atoms with E-state index in [1.807, 2.05) is 65.3 Å². The van der Waals surface area contributed by atoms with Crippen molar-refractivity contribution in [3.63, 3.8) is 0 Å². The Bertz CT molecular complexity index is 923. The Morgan fingerprint density at radius 2 is 1.84 bits per heavy atom. The highest BCUT2D eigenvalue weighted by molar-refractivity contribution is 5.94. The Morgan fingerprint density at radius 3 is 2.55 bits per heavy atom. The van der Waals surface area contributed by atoms with E-state index >= 15 is 0 Å². The van der Waals surface area contributed by atoms with E-state index in [0.717, 1.165) is 29.0 Å². The third-order valence-corrected chi connectivity index (χ3v) is 6.22. The molecule has 0 spiro atoms. The highest BCUT2D eigenvalue weighted by Gasteiger charge is 2.34. The number of carbonyl (C=O) groups is 2. The van der Waals surface area contributed by atoms with E-state index in [2.05, 4.69) is 12.2 Å². The number of nitrogens with one attached hydrogen (secondary N) is 1. The van der Waals surface area contributed by atoms with Crippen molar-refractivity contribution >= 4 is 17.6 Å². The monoisotopic (exact) mass is 421 g/mol. The van der Waals surface area contributed by atoms with Crippen LogP contribution in [0.15, 0.2) is 48.5 Å². The number of piperidine rings is 1. The molecule has 2 aromatic carbocycles. The van der Waals surface area contributed by atoms with Crippen molar-refractivity contribution in [3.8, 4) is 5.75 Å². The van der Waals surface area contributed by atoms with Gasteiger partial charge in [0.1, 0.15) is 11.9 Å². The van der Waals surface area contributed by atoms with Gasteiger partial charge in [0, 0.05) is 25.6 Å². The van der Waals surface area contributed by atoms with Gasteiger partial charge in [-0.3, -0.25) is 9.69 Å². The quantitative estimate of drug-likeness (QED) is 0.808. The van der Waals surface area contributed by atoms with Crippen molar-refractivity contribution in [1.29, 1.82) is 0 Å². The number of carbonyl (C=O) groups excluding carboxylic acids is 2. The lowest BCUT2D eigenvalue weighted by Gasteiger charge is -2.39. The van der Waals surface area contributed by atoms with Gasteiger partial charge in [-0.2, -0.15) is 0 Å². The van der Waals surface area contributed by atoms with Crippen LogP contribution in [0.1, 0.15) is 37.3 Å². The van der Waals surface area contributed by atoms with Gasteiger partial charge in [0.15, 0.2) is 0 Å². The molecule has 0 aromatic heterocycles. The number of hydrogen-bond acceptors (Lipinski definition) is 3. The Hall–Kier alpha value is -3.02. The number of likely N-dealkylation sites (tertiary alicyclic amines) is 1. The summed E-state index contributed by atoms with van der Waals surface area (Å²) in [5.41, 5.74) is 3.04. The minimum atomic E-state index is -0.0460. The van der Waals surface area contributed by atoms with Crippen LogP contribution in [0, 0.1) is 12.8 Å². The summed E-state index contributed by atoms with van der Waals surface area (Å²) in [6.07, 6.45) is 2.23. The van der Waals surface area contributed by atoms with Crippen LogP contribution in [0.25, 0.3) is 0 Å². The lowest BCUT2D eigenvalue weighted by atomic mass is 9.96. The fourth-order valence-electron chi connectivity index (χ4n) is 4.28. The predicted molar refractivity (Wildman–Crippen MR) is 121 cm³/mol. The summed E-state index contributed by atoms with van der Waals surface area (Å²) >= 11 is 0. The molecule has 0 aliphatic carbocycles. The van der Waals surface area contributed by atoms with E-state index in [0.29, 0.717) is 39.0 Å². The zero-order valence-corrected chi connectivity index (χ0v) is 18.3. The number of hydrogen-bond donors (Lipinski definition) is 1. The first-order chi connectivity index (χ1) is 15.0. The summed E-state index contributed by atoms with van der Waals surface area (Å²) in [7, 11) is 0. The molecule has 164 valence electrons. The van der Waals surface area contributed by atoms with E-state index < -0.39 is 0 Å². The van der Waals surface area contributed by atoms with Crippen LogP contribution in [0.5, 0.6) is 5.75 Å². The van der Waals surface area contributed by atoms with Gasteiger partial charge in [-0.15, -0.1) is 0 Å². The Balaban J connectivity index is 1.36. The molecule has 2 aromatic rings. The second kappa shape index (κ2) is 9.41. The summed E-state index contributed by atoms with van der Waals surface area (Å²) in [4.78, 5) is 29.7. The van der Waals surface area contributed by atoms with Crippen molar-refractivity contribution in [3.05, 3.63) is 59.7 Å².